The van der Waals surface area contributed by atoms with E-state index in [0.29, 0.717) is 23.6 Å². The summed E-state index contributed by atoms with van der Waals surface area (Å²) in [5, 5.41) is 0.798. The molecule has 4 heteroatoms. The van der Waals surface area contributed by atoms with Gasteiger partial charge < -0.3 is 5.73 Å². The third kappa shape index (κ3) is 2.47. The minimum Gasteiger partial charge on any atom is -0.399 e. The van der Waals surface area contributed by atoms with Gasteiger partial charge in [-0.3, -0.25) is 0 Å². The van der Waals surface area contributed by atoms with Crippen molar-refractivity contribution in [3.8, 4) is 0 Å². The molecule has 2 N–H and O–H groups in total. The van der Waals surface area contributed by atoms with Crippen molar-refractivity contribution < 1.29 is 13.2 Å². The Morgan fingerprint density at radius 1 is 1.00 bits per heavy atom. The first-order valence-electron chi connectivity index (χ1n) is 6.42. The number of anilines is 1. The normalized spacial score (nSPS) is 12.9. The molecule has 0 heterocycles. The van der Waals surface area contributed by atoms with Gasteiger partial charge in [-0.05, 0) is 39.9 Å². The van der Waals surface area contributed by atoms with E-state index in [-0.39, 0.29) is 5.39 Å². The number of fused-ring (bicyclic) bond motifs is 1. The number of alkyl halides is 2. The van der Waals surface area contributed by atoms with Crippen molar-refractivity contribution in [1.82, 2.24) is 0 Å². The molecule has 1 nitrogen and oxygen atoms in total. The Morgan fingerprint density at radius 3 is 2.10 bits per heavy atom. The monoisotopic (exact) mass is 281 g/mol. The van der Waals surface area contributed by atoms with Crippen LogP contribution in [0.5, 0.6) is 0 Å². The molecule has 0 radical (unpaired) electrons. The maximum absolute atomic E-state index is 14.0. The van der Waals surface area contributed by atoms with E-state index in [4.69, 9.17) is 5.73 Å². The molecule has 0 saturated carbocycles. The summed E-state index contributed by atoms with van der Waals surface area (Å²) in [6.07, 6.45) is 0. The van der Waals surface area contributed by atoms with Gasteiger partial charge in [0, 0.05) is 12.6 Å². The number of nitrogen functional groups attached to an aromatic ring is 1. The Kier molecular flexibility index (Phi) is 3.23. The van der Waals surface area contributed by atoms with Gasteiger partial charge in [0.2, 0.25) is 0 Å². The van der Waals surface area contributed by atoms with Crippen molar-refractivity contribution in [1.29, 1.82) is 0 Å². The molecule has 0 aromatic heterocycles. The third-order valence-corrected chi connectivity index (χ3v) is 3.34. The lowest BCUT2D eigenvalue weighted by molar-refractivity contribution is 0.0154. The number of nitrogens with two attached hydrogens (primary N) is 1. The summed E-state index contributed by atoms with van der Waals surface area (Å²) < 4.78 is 41.7. The number of rotatable bonds is 1. The van der Waals surface area contributed by atoms with Crippen LogP contribution >= 0.6 is 0 Å². The Balaban J connectivity index is 3.03. The molecule has 2 aromatic carbocycles. The quantitative estimate of drug-likeness (QED) is 0.734. The van der Waals surface area contributed by atoms with E-state index < -0.39 is 22.7 Å². The van der Waals surface area contributed by atoms with E-state index in [1.54, 1.807) is 12.1 Å². The first-order valence-corrected chi connectivity index (χ1v) is 6.42. The predicted molar refractivity (Wildman–Crippen MR) is 76.6 cm³/mol. The molecular weight excluding hydrogens is 263 g/mol. The van der Waals surface area contributed by atoms with Crippen LogP contribution < -0.4 is 5.73 Å². The molecule has 0 bridgehead atoms. The van der Waals surface area contributed by atoms with Gasteiger partial charge >= 0.3 is 0 Å². The van der Waals surface area contributed by atoms with Crippen LogP contribution in [-0.2, 0) is 11.3 Å². The number of halogens is 3. The predicted octanol–water partition coefficient (Wildman–Crippen LogP) is 4.97. The molecular formula is C16H18F3N. The molecule has 0 atom stereocenters. The fourth-order valence-corrected chi connectivity index (χ4v) is 2.48. The van der Waals surface area contributed by atoms with Crippen molar-refractivity contribution >= 4 is 16.5 Å². The van der Waals surface area contributed by atoms with Crippen LogP contribution in [-0.4, -0.2) is 0 Å². The standard InChI is InChI=1S/C16H18F3N/c1-15(2,3)11-8-10(20)7-9-5-6-12(17)14(13(9)11)16(4,18)19/h5-8H,20H2,1-4H3. The summed E-state index contributed by atoms with van der Waals surface area (Å²) >= 11 is 0. The minimum atomic E-state index is -3.25. The van der Waals surface area contributed by atoms with Crippen molar-refractivity contribution in [2.45, 2.75) is 39.0 Å². The van der Waals surface area contributed by atoms with Crippen molar-refractivity contribution in [2.24, 2.45) is 0 Å². The summed E-state index contributed by atoms with van der Waals surface area (Å²) in [5.74, 6) is -4.14. The Labute approximate surface area is 116 Å². The summed E-state index contributed by atoms with van der Waals surface area (Å²) in [5.41, 5.74) is 5.98. The highest BCUT2D eigenvalue weighted by Gasteiger charge is 2.33. The summed E-state index contributed by atoms with van der Waals surface area (Å²) in [6, 6.07) is 5.81. The van der Waals surface area contributed by atoms with Crippen LogP contribution in [0, 0.1) is 5.82 Å². The largest absolute Gasteiger partial charge is 0.399 e. The first-order chi connectivity index (χ1) is 9.01. The zero-order valence-electron chi connectivity index (χ0n) is 12.0. The van der Waals surface area contributed by atoms with Crippen LogP contribution in [0.4, 0.5) is 18.9 Å². The molecule has 0 fully saturated rings. The fraction of sp³-hybridized carbons (Fsp3) is 0.375. The zero-order chi connectivity index (χ0) is 15.3. The Bertz CT molecular complexity index is 664. The molecule has 0 aliphatic carbocycles. The Morgan fingerprint density at radius 2 is 1.60 bits per heavy atom. The summed E-state index contributed by atoms with van der Waals surface area (Å²) in [6.45, 7) is 6.39. The number of hydrogen-bond acceptors (Lipinski definition) is 1. The topological polar surface area (TPSA) is 26.0 Å². The van der Waals surface area contributed by atoms with E-state index in [1.165, 1.54) is 6.07 Å². The van der Waals surface area contributed by atoms with Gasteiger partial charge in [0.1, 0.15) is 5.82 Å². The van der Waals surface area contributed by atoms with Crippen LogP contribution in [0.15, 0.2) is 24.3 Å². The van der Waals surface area contributed by atoms with Crippen LogP contribution in [0.25, 0.3) is 10.8 Å². The maximum Gasteiger partial charge on any atom is 0.273 e. The summed E-state index contributed by atoms with van der Waals surface area (Å²) in [4.78, 5) is 0. The SMILES string of the molecule is CC(C)(C)c1cc(N)cc2ccc(F)c(C(C)(F)F)c12. The lowest BCUT2D eigenvalue weighted by Crippen LogP contribution is -2.17. The molecule has 20 heavy (non-hydrogen) atoms. The molecule has 0 aliphatic heterocycles. The molecule has 2 rings (SSSR count). The van der Waals surface area contributed by atoms with Gasteiger partial charge in [-0.15, -0.1) is 0 Å². The average Bonchev–Trinajstić information content (AvgIpc) is 2.25. The van der Waals surface area contributed by atoms with E-state index in [0.717, 1.165) is 6.07 Å². The van der Waals surface area contributed by atoms with Gasteiger partial charge in [0.15, 0.2) is 0 Å². The van der Waals surface area contributed by atoms with Gasteiger partial charge in [-0.1, -0.05) is 26.8 Å². The third-order valence-electron chi connectivity index (χ3n) is 3.34. The minimum absolute atomic E-state index is 0.263. The molecule has 0 amide bonds. The van der Waals surface area contributed by atoms with Gasteiger partial charge in [-0.25, -0.2) is 13.2 Å². The molecule has 2 aromatic rings. The maximum atomic E-state index is 14.0. The van der Waals surface area contributed by atoms with Gasteiger partial charge in [0.05, 0.1) is 5.56 Å². The van der Waals surface area contributed by atoms with E-state index in [9.17, 15) is 13.2 Å². The van der Waals surface area contributed by atoms with Crippen LogP contribution in [0.3, 0.4) is 0 Å². The van der Waals surface area contributed by atoms with Gasteiger partial charge in [-0.2, -0.15) is 0 Å². The second-order valence-electron chi connectivity index (χ2n) is 6.23. The second-order valence-corrected chi connectivity index (χ2v) is 6.23. The fourth-order valence-electron chi connectivity index (χ4n) is 2.48. The molecule has 0 aliphatic rings. The highest BCUT2D eigenvalue weighted by molar-refractivity contribution is 5.93. The van der Waals surface area contributed by atoms with E-state index >= 15 is 0 Å². The van der Waals surface area contributed by atoms with Crippen LogP contribution in [0.1, 0.15) is 38.8 Å². The average molecular weight is 281 g/mol. The number of benzene rings is 2. The van der Waals surface area contributed by atoms with Crippen molar-refractivity contribution in [2.75, 3.05) is 5.73 Å². The lowest BCUT2D eigenvalue weighted by Gasteiger charge is -2.25. The van der Waals surface area contributed by atoms with Gasteiger partial charge in [0.25, 0.3) is 5.92 Å². The molecule has 0 saturated heterocycles. The van der Waals surface area contributed by atoms with Crippen molar-refractivity contribution in [3.05, 3.63) is 41.2 Å². The highest BCUT2D eigenvalue weighted by Crippen LogP contribution is 2.41. The lowest BCUT2D eigenvalue weighted by atomic mass is 9.81. The van der Waals surface area contributed by atoms with Crippen LogP contribution in [0.2, 0.25) is 0 Å². The number of hydrogen-bond donors (Lipinski definition) is 1. The smallest absolute Gasteiger partial charge is 0.273 e. The zero-order valence-corrected chi connectivity index (χ0v) is 12.0. The summed E-state index contributed by atoms with van der Waals surface area (Å²) in [7, 11) is 0. The molecule has 108 valence electrons. The first kappa shape index (κ1) is 14.7. The van der Waals surface area contributed by atoms with Crippen molar-refractivity contribution in [3.63, 3.8) is 0 Å². The van der Waals surface area contributed by atoms with E-state index in [2.05, 4.69) is 0 Å². The second kappa shape index (κ2) is 4.40. The molecule has 0 spiro atoms. The highest BCUT2D eigenvalue weighted by atomic mass is 19.3. The Hall–Kier alpha value is -1.71. The molecule has 0 unspecified atom stereocenters. The van der Waals surface area contributed by atoms with E-state index in [1.807, 2.05) is 20.8 Å².